The van der Waals surface area contributed by atoms with Crippen LogP contribution in [-0.2, 0) is 9.53 Å². The lowest BCUT2D eigenvalue weighted by molar-refractivity contribution is -0.874. The molecule has 0 heterocycles. The first-order valence-corrected chi connectivity index (χ1v) is 4.12. The summed E-state index contributed by atoms with van der Waals surface area (Å²) < 4.78 is 29.7. The van der Waals surface area contributed by atoms with Gasteiger partial charge in [0.2, 0.25) is 0 Å². The molecule has 0 bridgehead atoms. The number of rotatable bonds is 4. The molecule has 0 saturated heterocycles. The number of carbonyl (C=O) groups excluding carboxylic acids is 1. The summed E-state index contributed by atoms with van der Waals surface area (Å²) in [5.74, 6) is -0.468. The molecule has 0 aromatic rings. The maximum atomic E-state index is 12.7. The van der Waals surface area contributed by atoms with E-state index in [0.29, 0.717) is 0 Å². The van der Waals surface area contributed by atoms with Gasteiger partial charge in [0.05, 0.1) is 21.2 Å². The first-order valence-electron chi connectivity index (χ1n) is 4.12. The van der Waals surface area contributed by atoms with Crippen LogP contribution in [0, 0.1) is 0 Å². The lowest BCUT2D eigenvalue weighted by Gasteiger charge is -2.34. The minimum Gasteiger partial charge on any atom is -0.473 e. The summed E-state index contributed by atoms with van der Waals surface area (Å²) in [5.41, 5.74) is 0. The third-order valence-electron chi connectivity index (χ3n) is 1.60. The number of quaternary nitrogens is 1. The van der Waals surface area contributed by atoms with Gasteiger partial charge in [0.1, 0.15) is 0 Å². The minimum atomic E-state index is -3.37. The van der Waals surface area contributed by atoms with Gasteiger partial charge in [0, 0.05) is 6.44 Å². The second-order valence-electron chi connectivity index (χ2n) is 4.09. The Kier molecular flexibility index (Phi) is 3.84. The highest BCUT2D eigenvalue weighted by atomic mass is 19.2. The summed E-state index contributed by atoms with van der Waals surface area (Å²) in [6.07, 6.45) is -0.310. The molecule has 0 unspecified atom stereocenters. The Morgan fingerprint density at radius 3 is 2.23 bits per heavy atom. The first-order chi connectivity index (χ1) is 5.66. The number of hydrogen-bond donors (Lipinski definition) is 0. The highest BCUT2D eigenvalue weighted by Gasteiger charge is 2.29. The van der Waals surface area contributed by atoms with E-state index in [0.717, 1.165) is 6.82 Å². The van der Waals surface area contributed by atoms with Crippen LogP contribution in [0.15, 0.2) is 0 Å². The molecule has 3 nitrogen and oxygen atoms in total. The number of hydrogen-bond acceptors (Lipinski definition) is 2. The number of ether oxygens (including phenoxy) is 1. The molecule has 0 radical (unpaired) electrons. The summed E-state index contributed by atoms with van der Waals surface area (Å²) in [5, 5.41) is 0. The predicted molar refractivity (Wildman–Crippen MR) is 47.7 cm³/mol. The molecule has 0 N–H and O–H groups in total. The SMILES string of the molecule is COC(=O)C[N+](C)(C)C[B-](C)(F)F. The van der Waals surface area contributed by atoms with Crippen LogP contribution < -0.4 is 0 Å². The maximum absolute atomic E-state index is 12.7. The zero-order valence-corrected chi connectivity index (χ0v) is 8.51. The largest absolute Gasteiger partial charge is 0.473 e. The van der Waals surface area contributed by atoms with Crippen molar-refractivity contribution in [3.05, 3.63) is 0 Å². The van der Waals surface area contributed by atoms with Gasteiger partial charge in [-0.05, 0) is 0 Å². The van der Waals surface area contributed by atoms with E-state index in [1.807, 2.05) is 0 Å². The summed E-state index contributed by atoms with van der Waals surface area (Å²) in [6.45, 7) is -2.50. The van der Waals surface area contributed by atoms with Crippen molar-refractivity contribution in [2.75, 3.05) is 34.2 Å². The van der Waals surface area contributed by atoms with E-state index < -0.39 is 12.7 Å². The van der Waals surface area contributed by atoms with Crippen molar-refractivity contribution in [2.45, 2.75) is 6.82 Å². The number of nitrogens with zero attached hydrogens (tertiary/aromatic N) is 1. The first kappa shape index (κ1) is 12.4. The van der Waals surface area contributed by atoms with Crippen LogP contribution in [0.3, 0.4) is 0 Å². The van der Waals surface area contributed by atoms with Gasteiger partial charge in [-0.2, -0.15) is 0 Å². The molecule has 78 valence electrons. The Morgan fingerprint density at radius 2 is 1.92 bits per heavy atom. The van der Waals surface area contributed by atoms with Gasteiger partial charge < -0.3 is 17.9 Å². The van der Waals surface area contributed by atoms with Crippen molar-refractivity contribution in [1.82, 2.24) is 0 Å². The van der Waals surface area contributed by atoms with Gasteiger partial charge in [0.15, 0.2) is 6.54 Å². The van der Waals surface area contributed by atoms with Crippen LogP contribution in [0.25, 0.3) is 0 Å². The molecule has 0 aliphatic carbocycles. The number of halogens is 2. The topological polar surface area (TPSA) is 26.3 Å². The molecular weight excluding hydrogens is 179 g/mol. The Morgan fingerprint density at radius 1 is 1.46 bits per heavy atom. The van der Waals surface area contributed by atoms with Crippen molar-refractivity contribution in [3.63, 3.8) is 0 Å². The average Bonchev–Trinajstić information content (AvgIpc) is 1.80. The lowest BCUT2D eigenvalue weighted by Crippen LogP contribution is -2.52. The van der Waals surface area contributed by atoms with E-state index in [1.165, 1.54) is 7.11 Å². The fourth-order valence-corrected chi connectivity index (χ4v) is 1.35. The molecule has 0 atom stereocenters. The smallest absolute Gasteiger partial charge is 0.361 e. The summed E-state index contributed by atoms with van der Waals surface area (Å²) in [4.78, 5) is 10.8. The van der Waals surface area contributed by atoms with E-state index in [4.69, 9.17) is 0 Å². The van der Waals surface area contributed by atoms with Crippen molar-refractivity contribution in [1.29, 1.82) is 0 Å². The second-order valence-corrected chi connectivity index (χ2v) is 4.09. The van der Waals surface area contributed by atoms with Crippen LogP contribution in [0.4, 0.5) is 8.63 Å². The molecule has 0 aliphatic rings. The molecule has 6 heteroatoms. The number of likely N-dealkylation sites (N-methyl/N-ethyl adjacent to an activating group) is 1. The quantitative estimate of drug-likeness (QED) is 0.376. The van der Waals surface area contributed by atoms with Gasteiger partial charge in [-0.1, -0.05) is 0 Å². The molecule has 0 aromatic heterocycles. The fraction of sp³-hybridized carbons (Fsp3) is 0.857. The predicted octanol–water partition coefficient (Wildman–Crippen LogP) is 0.786. The molecule has 0 amide bonds. The second kappa shape index (κ2) is 4.04. The van der Waals surface area contributed by atoms with Crippen molar-refractivity contribution in [2.24, 2.45) is 0 Å². The number of esters is 1. The molecule has 0 fully saturated rings. The summed E-state index contributed by atoms with van der Waals surface area (Å²) in [6, 6.07) is 0. The monoisotopic (exact) mass is 195 g/mol. The third kappa shape index (κ3) is 6.51. The Labute approximate surface area is 77.3 Å². The fourth-order valence-electron chi connectivity index (χ4n) is 1.35. The van der Waals surface area contributed by atoms with Crippen LogP contribution >= 0.6 is 0 Å². The van der Waals surface area contributed by atoms with E-state index >= 15 is 0 Å². The molecule has 0 aliphatic heterocycles. The molecule has 0 aromatic carbocycles. The standard InChI is InChI=1S/C7H16BF2NO2/c1-8(9,10)6-11(2,3)5-7(12)13-4/h5-6H2,1-4H3. The number of carbonyl (C=O) groups is 1. The molecule has 0 saturated carbocycles. The summed E-state index contributed by atoms with van der Waals surface area (Å²) >= 11 is 0. The van der Waals surface area contributed by atoms with Gasteiger partial charge in [0.25, 0.3) is 0 Å². The Bertz CT molecular complexity index is 191. The molecule has 0 rings (SSSR count). The van der Waals surface area contributed by atoms with E-state index in [1.54, 1.807) is 14.1 Å². The zero-order chi connectivity index (χ0) is 10.7. The van der Waals surface area contributed by atoms with Crippen molar-refractivity contribution in [3.8, 4) is 0 Å². The van der Waals surface area contributed by atoms with Crippen molar-refractivity contribution < 1.29 is 22.6 Å². The van der Waals surface area contributed by atoms with E-state index in [9.17, 15) is 13.4 Å². The van der Waals surface area contributed by atoms with Crippen LogP contribution in [0.5, 0.6) is 0 Å². The minimum absolute atomic E-state index is 0.0261. The van der Waals surface area contributed by atoms with Gasteiger partial charge in [-0.25, -0.2) is 4.79 Å². The van der Waals surface area contributed by atoms with Crippen LogP contribution in [0.1, 0.15) is 0 Å². The number of methoxy groups -OCH3 is 1. The Hall–Kier alpha value is -0.645. The normalized spacial score (nSPS) is 12.8. The lowest BCUT2D eigenvalue weighted by atomic mass is 9.67. The van der Waals surface area contributed by atoms with Crippen LogP contribution in [0.2, 0.25) is 6.82 Å². The van der Waals surface area contributed by atoms with Gasteiger partial charge >= 0.3 is 12.7 Å². The van der Waals surface area contributed by atoms with Gasteiger partial charge in [-0.3, -0.25) is 0 Å². The maximum Gasteiger partial charge on any atom is 0.361 e. The molecule has 13 heavy (non-hydrogen) atoms. The zero-order valence-electron chi connectivity index (χ0n) is 8.51. The van der Waals surface area contributed by atoms with Crippen molar-refractivity contribution >= 4 is 12.7 Å². The Balaban J connectivity index is 4.16. The highest BCUT2D eigenvalue weighted by molar-refractivity contribution is 6.64. The highest BCUT2D eigenvalue weighted by Crippen LogP contribution is 2.11. The van der Waals surface area contributed by atoms with E-state index in [2.05, 4.69) is 4.74 Å². The molecule has 0 spiro atoms. The molecular formula is C7H16BF2NO2. The average molecular weight is 195 g/mol. The van der Waals surface area contributed by atoms with Crippen LogP contribution in [-0.4, -0.2) is 51.3 Å². The summed E-state index contributed by atoms with van der Waals surface area (Å²) in [7, 11) is 4.41. The van der Waals surface area contributed by atoms with Gasteiger partial charge in [-0.15, -0.1) is 6.82 Å². The van der Waals surface area contributed by atoms with E-state index in [-0.39, 0.29) is 17.5 Å². The third-order valence-corrected chi connectivity index (χ3v) is 1.60.